The lowest BCUT2D eigenvalue weighted by molar-refractivity contribution is 0.0726. The lowest BCUT2D eigenvalue weighted by atomic mass is 9.62. The largest absolute Gasteiger partial charge is 0.363 e. The quantitative estimate of drug-likeness (QED) is 0.446. The van der Waals surface area contributed by atoms with E-state index in [0.29, 0.717) is 12.0 Å². The standard InChI is InChI=1S/C31H54N2/c1-27(2,3)21-24(29(7,8)9)26(30(10,11)12)33(31(13,14)15)22-16-18-32-19-17-23(25(32)20-22)28(4,5)6/h16-20,24,26H,21H2,1-15H3. The number of hydrogen-bond acceptors (Lipinski definition) is 1. The van der Waals surface area contributed by atoms with Crippen LogP contribution in [0.1, 0.15) is 116 Å². The highest BCUT2D eigenvalue weighted by Gasteiger charge is 2.46. The summed E-state index contributed by atoms with van der Waals surface area (Å²) in [4.78, 5) is 2.76. The second kappa shape index (κ2) is 8.65. The van der Waals surface area contributed by atoms with Crippen LogP contribution in [0.25, 0.3) is 5.52 Å². The van der Waals surface area contributed by atoms with Gasteiger partial charge >= 0.3 is 0 Å². The van der Waals surface area contributed by atoms with Gasteiger partial charge in [0, 0.05) is 29.7 Å². The van der Waals surface area contributed by atoms with Crippen molar-refractivity contribution in [3.05, 3.63) is 36.2 Å². The normalized spacial score (nSPS) is 16.2. The Morgan fingerprint density at radius 2 is 1.24 bits per heavy atom. The van der Waals surface area contributed by atoms with Crippen molar-refractivity contribution in [1.29, 1.82) is 0 Å². The van der Waals surface area contributed by atoms with Crippen LogP contribution in [0.4, 0.5) is 5.69 Å². The van der Waals surface area contributed by atoms with Gasteiger partial charge in [-0.2, -0.15) is 0 Å². The number of fused-ring (bicyclic) bond motifs is 1. The Labute approximate surface area is 206 Å². The zero-order chi connectivity index (χ0) is 25.8. The molecule has 0 amide bonds. The summed E-state index contributed by atoms with van der Waals surface area (Å²) in [6, 6.07) is 7.47. The first-order chi connectivity index (χ1) is 14.5. The van der Waals surface area contributed by atoms with E-state index in [2.05, 4.69) is 144 Å². The maximum Gasteiger partial charge on any atom is 0.0507 e. The molecule has 2 aromatic heterocycles. The average Bonchev–Trinajstić information content (AvgIpc) is 2.97. The van der Waals surface area contributed by atoms with E-state index in [1.807, 2.05) is 0 Å². The second-order valence-corrected chi connectivity index (χ2v) is 15.7. The van der Waals surface area contributed by atoms with E-state index >= 15 is 0 Å². The first kappa shape index (κ1) is 27.8. The van der Waals surface area contributed by atoms with Crippen LogP contribution in [0.15, 0.2) is 30.6 Å². The molecule has 0 saturated heterocycles. The molecule has 2 nitrogen and oxygen atoms in total. The predicted octanol–water partition coefficient (Wildman–Crippen LogP) is 9.35. The van der Waals surface area contributed by atoms with E-state index in [4.69, 9.17) is 0 Å². The Hall–Kier alpha value is -1.44. The Morgan fingerprint density at radius 1 is 0.727 bits per heavy atom. The molecule has 0 bridgehead atoms. The van der Waals surface area contributed by atoms with Crippen LogP contribution in [0.5, 0.6) is 0 Å². The number of nitrogens with zero attached hydrogens (tertiary/aromatic N) is 2. The zero-order valence-electron chi connectivity index (χ0n) is 24.6. The topological polar surface area (TPSA) is 7.65 Å². The van der Waals surface area contributed by atoms with Crippen molar-refractivity contribution in [3.8, 4) is 0 Å². The van der Waals surface area contributed by atoms with Crippen molar-refractivity contribution in [2.75, 3.05) is 4.90 Å². The molecule has 0 aliphatic heterocycles. The monoisotopic (exact) mass is 454 g/mol. The third kappa shape index (κ3) is 6.58. The van der Waals surface area contributed by atoms with Crippen molar-refractivity contribution < 1.29 is 0 Å². The van der Waals surface area contributed by atoms with Gasteiger partial charge < -0.3 is 9.30 Å². The van der Waals surface area contributed by atoms with E-state index in [9.17, 15) is 0 Å². The lowest BCUT2D eigenvalue weighted by Crippen LogP contribution is -2.59. The minimum atomic E-state index is -0.00777. The molecule has 2 unspecified atom stereocenters. The molecule has 0 aromatic carbocycles. The van der Waals surface area contributed by atoms with Gasteiger partial charge in [0.05, 0.1) is 5.52 Å². The van der Waals surface area contributed by atoms with Gasteiger partial charge in [0.2, 0.25) is 0 Å². The second-order valence-electron chi connectivity index (χ2n) is 15.7. The summed E-state index contributed by atoms with van der Waals surface area (Å²) in [5, 5.41) is 0. The van der Waals surface area contributed by atoms with Gasteiger partial charge in [-0.1, -0.05) is 83.1 Å². The molecule has 2 heteroatoms. The molecule has 0 N–H and O–H groups in total. The third-order valence-corrected chi connectivity index (χ3v) is 6.95. The zero-order valence-corrected chi connectivity index (χ0v) is 24.6. The van der Waals surface area contributed by atoms with Crippen molar-refractivity contribution >= 4 is 11.2 Å². The van der Waals surface area contributed by atoms with Gasteiger partial charge in [-0.25, -0.2) is 0 Å². The Bertz CT molecular complexity index is 927. The number of rotatable bonds is 4. The van der Waals surface area contributed by atoms with Crippen LogP contribution in [0.3, 0.4) is 0 Å². The molecule has 0 aliphatic carbocycles. The molecule has 0 aliphatic rings. The molecule has 0 saturated carbocycles. The number of hydrogen-bond donors (Lipinski definition) is 0. The van der Waals surface area contributed by atoms with Crippen LogP contribution in [-0.2, 0) is 5.41 Å². The van der Waals surface area contributed by atoms with E-state index in [1.165, 1.54) is 23.2 Å². The van der Waals surface area contributed by atoms with Crippen molar-refractivity contribution in [2.24, 2.45) is 22.2 Å². The fraction of sp³-hybridized carbons (Fsp3) is 0.742. The van der Waals surface area contributed by atoms with Gasteiger partial charge in [0.15, 0.2) is 0 Å². The molecule has 2 heterocycles. The van der Waals surface area contributed by atoms with Crippen molar-refractivity contribution in [2.45, 2.75) is 127 Å². The first-order valence-corrected chi connectivity index (χ1v) is 12.9. The summed E-state index contributed by atoms with van der Waals surface area (Å²) in [5.74, 6) is 0.543. The van der Waals surface area contributed by atoms with Crippen LogP contribution in [0, 0.1) is 22.2 Å². The van der Waals surface area contributed by atoms with Crippen LogP contribution in [-0.4, -0.2) is 16.0 Å². The highest BCUT2D eigenvalue weighted by molar-refractivity contribution is 5.67. The van der Waals surface area contributed by atoms with E-state index in [1.54, 1.807) is 0 Å². The van der Waals surface area contributed by atoms with Gasteiger partial charge in [-0.05, 0) is 78.5 Å². The highest BCUT2D eigenvalue weighted by atomic mass is 15.2. The fourth-order valence-electron chi connectivity index (χ4n) is 5.56. The van der Waals surface area contributed by atoms with Crippen LogP contribution in [0.2, 0.25) is 0 Å². The molecule has 2 aromatic rings. The van der Waals surface area contributed by atoms with Gasteiger partial charge in [-0.3, -0.25) is 0 Å². The molecule has 33 heavy (non-hydrogen) atoms. The van der Waals surface area contributed by atoms with Crippen molar-refractivity contribution in [3.63, 3.8) is 0 Å². The highest BCUT2D eigenvalue weighted by Crippen LogP contribution is 2.48. The van der Waals surface area contributed by atoms with Crippen LogP contribution >= 0.6 is 0 Å². The number of aromatic nitrogens is 1. The fourth-order valence-corrected chi connectivity index (χ4v) is 5.56. The summed E-state index contributed by atoms with van der Waals surface area (Å²) in [6.45, 7) is 35.9. The summed E-state index contributed by atoms with van der Waals surface area (Å²) in [5.41, 5.74) is 4.77. The lowest BCUT2D eigenvalue weighted by Gasteiger charge is -2.56. The first-order valence-electron chi connectivity index (χ1n) is 12.9. The Morgan fingerprint density at radius 3 is 1.64 bits per heavy atom. The summed E-state index contributed by atoms with van der Waals surface area (Å²) in [7, 11) is 0. The number of pyridine rings is 1. The summed E-state index contributed by atoms with van der Waals surface area (Å²) < 4.78 is 2.29. The maximum absolute atomic E-state index is 2.76. The molecule has 0 radical (unpaired) electrons. The molecule has 0 fully saturated rings. The van der Waals surface area contributed by atoms with E-state index in [-0.39, 0.29) is 27.2 Å². The van der Waals surface area contributed by atoms with Crippen molar-refractivity contribution in [1.82, 2.24) is 4.40 Å². The molecular formula is C31H54N2. The average molecular weight is 455 g/mol. The molecule has 0 spiro atoms. The Balaban J connectivity index is 2.82. The van der Waals surface area contributed by atoms with E-state index < -0.39 is 0 Å². The van der Waals surface area contributed by atoms with E-state index in [0.717, 1.165) is 0 Å². The maximum atomic E-state index is 2.76. The molecule has 2 atom stereocenters. The van der Waals surface area contributed by atoms with Gasteiger partial charge in [0.1, 0.15) is 0 Å². The molecular weight excluding hydrogens is 400 g/mol. The molecule has 2 rings (SSSR count). The number of anilines is 1. The van der Waals surface area contributed by atoms with Gasteiger partial charge in [-0.15, -0.1) is 0 Å². The SMILES string of the molecule is CC(C)(C)CC(C(N(c1ccn2ccc(C(C)(C)C)c2c1)C(C)(C)C)C(C)(C)C)C(C)(C)C. The smallest absolute Gasteiger partial charge is 0.0507 e. The van der Waals surface area contributed by atoms with Gasteiger partial charge in [0.25, 0.3) is 0 Å². The minimum absolute atomic E-state index is 0.00777. The summed E-state index contributed by atoms with van der Waals surface area (Å²) >= 11 is 0. The molecule has 188 valence electrons. The third-order valence-electron chi connectivity index (χ3n) is 6.95. The van der Waals surface area contributed by atoms with Crippen LogP contribution < -0.4 is 4.90 Å². The Kier molecular flexibility index (Phi) is 7.29. The minimum Gasteiger partial charge on any atom is -0.363 e. The summed E-state index contributed by atoms with van der Waals surface area (Å²) in [6.07, 6.45) is 5.67. The predicted molar refractivity (Wildman–Crippen MR) is 149 cm³/mol.